The summed E-state index contributed by atoms with van der Waals surface area (Å²) in [5.41, 5.74) is 9.72. The third kappa shape index (κ3) is 3.37. The van der Waals surface area contributed by atoms with Crippen LogP contribution in [0.4, 0.5) is 0 Å². The van der Waals surface area contributed by atoms with Crippen molar-refractivity contribution in [2.24, 2.45) is 0 Å². The first kappa shape index (κ1) is 17.8. The summed E-state index contributed by atoms with van der Waals surface area (Å²) in [7, 11) is 0. The standard InChI is InChI=1S/C27H21NS/c1-18-7-6-8-19(2)27(18)22-13-11-21(12-14-22)26-17-24-25(29-26)16-15-23(28-24)20-9-4-3-5-10-20/h3-17H,1-2H3. The van der Waals surface area contributed by atoms with Gasteiger partial charge in [0.25, 0.3) is 0 Å². The molecule has 0 amide bonds. The predicted molar refractivity (Wildman–Crippen MR) is 125 cm³/mol. The predicted octanol–water partition coefficient (Wildman–Crippen LogP) is 7.91. The molecule has 2 heterocycles. The van der Waals surface area contributed by atoms with E-state index in [4.69, 9.17) is 4.98 Å². The summed E-state index contributed by atoms with van der Waals surface area (Å²) >= 11 is 1.80. The minimum Gasteiger partial charge on any atom is -0.247 e. The molecule has 0 aliphatic heterocycles. The minimum atomic E-state index is 1.02. The number of benzene rings is 3. The first-order valence-electron chi connectivity index (χ1n) is 9.82. The second-order valence-electron chi connectivity index (χ2n) is 7.40. The minimum absolute atomic E-state index is 1.02. The Bertz CT molecular complexity index is 1280. The molecule has 0 aliphatic rings. The molecular weight excluding hydrogens is 370 g/mol. The fraction of sp³-hybridized carbons (Fsp3) is 0.0741. The summed E-state index contributed by atoms with van der Waals surface area (Å²) in [4.78, 5) is 6.15. The van der Waals surface area contributed by atoms with E-state index in [9.17, 15) is 0 Å². The molecule has 0 aliphatic carbocycles. The van der Waals surface area contributed by atoms with E-state index in [1.807, 2.05) is 6.07 Å². The molecule has 5 aromatic rings. The number of aromatic nitrogens is 1. The number of aryl methyl sites for hydroxylation is 2. The zero-order valence-electron chi connectivity index (χ0n) is 16.5. The quantitative estimate of drug-likeness (QED) is 0.304. The Hall–Kier alpha value is -3.23. The van der Waals surface area contributed by atoms with E-state index < -0.39 is 0 Å². The van der Waals surface area contributed by atoms with Crippen LogP contribution < -0.4 is 0 Å². The Balaban J connectivity index is 1.51. The first-order chi connectivity index (χ1) is 14.2. The number of fused-ring (bicyclic) bond motifs is 1. The van der Waals surface area contributed by atoms with Gasteiger partial charge in [-0.25, -0.2) is 4.98 Å². The molecule has 140 valence electrons. The molecule has 1 nitrogen and oxygen atoms in total. The number of rotatable bonds is 3. The van der Waals surface area contributed by atoms with Crippen LogP contribution in [-0.2, 0) is 0 Å². The van der Waals surface area contributed by atoms with Crippen molar-refractivity contribution in [3.8, 4) is 32.8 Å². The lowest BCUT2D eigenvalue weighted by Gasteiger charge is -2.10. The smallest absolute Gasteiger partial charge is 0.0823 e. The van der Waals surface area contributed by atoms with Crippen molar-refractivity contribution in [2.75, 3.05) is 0 Å². The molecule has 0 radical (unpaired) electrons. The molecule has 3 aromatic carbocycles. The second-order valence-corrected chi connectivity index (χ2v) is 8.48. The maximum atomic E-state index is 4.89. The third-order valence-electron chi connectivity index (χ3n) is 5.38. The van der Waals surface area contributed by atoms with Crippen molar-refractivity contribution < 1.29 is 0 Å². The van der Waals surface area contributed by atoms with Crippen LogP contribution in [0.2, 0.25) is 0 Å². The van der Waals surface area contributed by atoms with Crippen LogP contribution in [-0.4, -0.2) is 4.98 Å². The maximum absolute atomic E-state index is 4.89. The van der Waals surface area contributed by atoms with Crippen molar-refractivity contribution in [3.63, 3.8) is 0 Å². The van der Waals surface area contributed by atoms with Crippen molar-refractivity contribution in [1.82, 2.24) is 4.98 Å². The fourth-order valence-corrected chi connectivity index (χ4v) is 4.91. The molecule has 0 spiro atoms. The molecule has 0 unspecified atom stereocenters. The largest absolute Gasteiger partial charge is 0.247 e. The van der Waals surface area contributed by atoms with Gasteiger partial charge in [-0.05, 0) is 59.9 Å². The first-order valence-corrected chi connectivity index (χ1v) is 10.6. The molecule has 5 rings (SSSR count). The Kier molecular flexibility index (Phi) is 4.49. The number of pyridine rings is 1. The van der Waals surface area contributed by atoms with E-state index >= 15 is 0 Å². The van der Waals surface area contributed by atoms with Crippen LogP contribution in [0.1, 0.15) is 11.1 Å². The van der Waals surface area contributed by atoms with Gasteiger partial charge in [0.2, 0.25) is 0 Å². The highest BCUT2D eigenvalue weighted by Gasteiger charge is 2.09. The number of hydrogen-bond acceptors (Lipinski definition) is 2. The monoisotopic (exact) mass is 391 g/mol. The zero-order valence-corrected chi connectivity index (χ0v) is 17.3. The van der Waals surface area contributed by atoms with Gasteiger partial charge in [0, 0.05) is 10.4 Å². The Morgan fingerprint density at radius 1 is 0.621 bits per heavy atom. The lowest BCUT2D eigenvalue weighted by atomic mass is 9.95. The summed E-state index contributed by atoms with van der Waals surface area (Å²) in [5.74, 6) is 0. The molecule has 2 aromatic heterocycles. The van der Waals surface area contributed by atoms with Crippen molar-refractivity contribution in [2.45, 2.75) is 13.8 Å². The lowest BCUT2D eigenvalue weighted by Crippen LogP contribution is -1.87. The molecule has 0 saturated heterocycles. The Morgan fingerprint density at radius 3 is 2.03 bits per heavy atom. The average Bonchev–Trinajstić information content (AvgIpc) is 3.18. The summed E-state index contributed by atoms with van der Waals surface area (Å²) in [5, 5.41) is 0. The van der Waals surface area contributed by atoms with E-state index in [2.05, 4.69) is 98.8 Å². The van der Waals surface area contributed by atoms with Gasteiger partial charge in [0.15, 0.2) is 0 Å². The molecule has 2 heteroatoms. The van der Waals surface area contributed by atoms with E-state index in [-0.39, 0.29) is 0 Å². The van der Waals surface area contributed by atoms with Gasteiger partial charge in [-0.15, -0.1) is 11.3 Å². The topological polar surface area (TPSA) is 12.9 Å². The van der Waals surface area contributed by atoms with Crippen molar-refractivity contribution in [3.05, 3.63) is 102 Å². The number of thiophene rings is 1. The normalized spacial score (nSPS) is 11.1. The fourth-order valence-electron chi connectivity index (χ4n) is 3.91. The molecule has 0 N–H and O–H groups in total. The summed E-state index contributed by atoms with van der Waals surface area (Å²) in [6.07, 6.45) is 0. The van der Waals surface area contributed by atoms with Crippen LogP contribution in [0.3, 0.4) is 0 Å². The Morgan fingerprint density at radius 2 is 1.31 bits per heavy atom. The van der Waals surface area contributed by atoms with Crippen molar-refractivity contribution in [1.29, 1.82) is 0 Å². The van der Waals surface area contributed by atoms with Gasteiger partial charge >= 0.3 is 0 Å². The molecule has 0 bridgehead atoms. The van der Waals surface area contributed by atoms with E-state index in [1.165, 1.54) is 37.4 Å². The molecule has 0 atom stereocenters. The highest BCUT2D eigenvalue weighted by Crippen LogP contribution is 2.35. The van der Waals surface area contributed by atoms with Gasteiger partial charge in [-0.2, -0.15) is 0 Å². The number of hydrogen-bond donors (Lipinski definition) is 0. The van der Waals surface area contributed by atoms with Gasteiger partial charge < -0.3 is 0 Å². The maximum Gasteiger partial charge on any atom is 0.0823 e. The lowest BCUT2D eigenvalue weighted by molar-refractivity contribution is 1.38. The van der Waals surface area contributed by atoms with E-state index in [0.29, 0.717) is 0 Å². The van der Waals surface area contributed by atoms with Crippen LogP contribution in [0.15, 0.2) is 91.0 Å². The third-order valence-corrected chi connectivity index (χ3v) is 6.52. The molecule has 0 fully saturated rings. The van der Waals surface area contributed by atoms with Gasteiger partial charge in [0.05, 0.1) is 15.9 Å². The van der Waals surface area contributed by atoms with Gasteiger partial charge in [-0.1, -0.05) is 72.8 Å². The van der Waals surface area contributed by atoms with Crippen LogP contribution in [0, 0.1) is 13.8 Å². The number of nitrogens with zero attached hydrogens (tertiary/aromatic N) is 1. The molecule has 29 heavy (non-hydrogen) atoms. The highest BCUT2D eigenvalue weighted by molar-refractivity contribution is 7.22. The van der Waals surface area contributed by atoms with Gasteiger partial charge in [-0.3, -0.25) is 0 Å². The average molecular weight is 392 g/mol. The summed E-state index contributed by atoms with van der Waals surface area (Å²) in [6, 6.07) is 32.3. The van der Waals surface area contributed by atoms with E-state index in [0.717, 1.165) is 16.8 Å². The second kappa shape index (κ2) is 7.31. The summed E-state index contributed by atoms with van der Waals surface area (Å²) in [6.45, 7) is 4.36. The van der Waals surface area contributed by atoms with Gasteiger partial charge in [0.1, 0.15) is 0 Å². The van der Waals surface area contributed by atoms with Crippen LogP contribution in [0.5, 0.6) is 0 Å². The van der Waals surface area contributed by atoms with Crippen molar-refractivity contribution >= 4 is 21.6 Å². The Labute approximate surface area is 175 Å². The van der Waals surface area contributed by atoms with E-state index in [1.54, 1.807) is 11.3 Å². The SMILES string of the molecule is Cc1cccc(C)c1-c1ccc(-c2cc3nc(-c4ccccc4)ccc3s2)cc1. The summed E-state index contributed by atoms with van der Waals surface area (Å²) < 4.78 is 1.22. The molecular formula is C27H21NS. The zero-order chi connectivity index (χ0) is 19.8. The highest BCUT2D eigenvalue weighted by atomic mass is 32.1. The van der Waals surface area contributed by atoms with Crippen LogP contribution >= 0.6 is 11.3 Å². The van der Waals surface area contributed by atoms with Crippen LogP contribution in [0.25, 0.3) is 43.0 Å². The molecule has 0 saturated carbocycles.